The summed E-state index contributed by atoms with van der Waals surface area (Å²) in [6, 6.07) is 3.76. The molecule has 13 heteroatoms. The van der Waals surface area contributed by atoms with Gasteiger partial charge in [-0.15, -0.1) is 0 Å². The predicted octanol–water partition coefficient (Wildman–Crippen LogP) is 3.16. The molecule has 0 saturated heterocycles. The van der Waals surface area contributed by atoms with Crippen LogP contribution in [0.3, 0.4) is 0 Å². The molecule has 1 aromatic rings. The molecule has 0 saturated carbocycles. The van der Waals surface area contributed by atoms with Gasteiger partial charge in [0.25, 0.3) is 0 Å². The predicted molar refractivity (Wildman–Crippen MR) is 83.2 cm³/mol. The van der Waals surface area contributed by atoms with Crippen molar-refractivity contribution in [2.45, 2.75) is 50.7 Å². The number of benzene rings is 1. The zero-order chi connectivity index (χ0) is 23.5. The average molecular weight is 445 g/mol. The molecule has 0 fully saturated rings. The monoisotopic (exact) mass is 445 g/mol. The number of esters is 1. The van der Waals surface area contributed by atoms with Crippen LogP contribution >= 0.6 is 0 Å². The maximum Gasteiger partial charge on any atom is 0.514 e. The van der Waals surface area contributed by atoms with Gasteiger partial charge in [-0.1, -0.05) is 12.1 Å². The summed E-state index contributed by atoms with van der Waals surface area (Å²) in [7, 11) is 0. The van der Waals surface area contributed by atoms with Crippen molar-refractivity contribution in [3.8, 4) is 5.75 Å². The van der Waals surface area contributed by atoms with Crippen LogP contribution in [0.4, 0.5) is 31.1 Å². The first kappa shape index (κ1) is 25.0. The number of hydrogen-bond acceptors (Lipinski definition) is 7. The zero-order valence-corrected chi connectivity index (χ0v) is 15.6. The molecule has 0 spiro atoms. The molecule has 0 aromatic heterocycles. The lowest BCUT2D eigenvalue weighted by atomic mass is 9.97. The summed E-state index contributed by atoms with van der Waals surface area (Å²) in [5, 5.41) is 10.6. The van der Waals surface area contributed by atoms with Crippen molar-refractivity contribution in [2.75, 3.05) is 0 Å². The second-order valence-corrected chi connectivity index (χ2v) is 6.82. The largest absolute Gasteiger partial charge is 0.550 e. The zero-order valence-electron chi connectivity index (χ0n) is 15.6. The fraction of sp³-hybridized carbons (Fsp3) is 0.471. The fourth-order valence-electron chi connectivity index (χ4n) is 2.01. The third-order valence-electron chi connectivity index (χ3n) is 3.27. The second kappa shape index (κ2) is 8.40. The molecule has 30 heavy (non-hydrogen) atoms. The van der Waals surface area contributed by atoms with Crippen LogP contribution in [0.15, 0.2) is 24.3 Å². The van der Waals surface area contributed by atoms with Crippen LogP contribution in [-0.4, -0.2) is 41.6 Å². The number of aliphatic carboxylic acids is 1. The van der Waals surface area contributed by atoms with E-state index in [1.54, 1.807) is 0 Å². The van der Waals surface area contributed by atoms with Gasteiger partial charge in [-0.2, -0.15) is 26.3 Å². The molecule has 168 valence electrons. The maximum absolute atomic E-state index is 13.2. The van der Waals surface area contributed by atoms with Crippen LogP contribution < -0.4 is 9.84 Å². The molecule has 0 atom stereocenters. The molecule has 0 heterocycles. The standard InChI is InChI=1S/C17H16F6O7/c1-14(2,3)30-13(27)28-10-7-5-4-6-9(10)12(26)29-15(8-11(24)25,16(18,19)20)17(21,22)23/h4-7H,8H2,1-3H3,(H,24,25)/p-1. The Hall–Kier alpha value is -2.99. The summed E-state index contributed by atoms with van der Waals surface area (Å²) in [5.74, 6) is -5.79. The lowest BCUT2D eigenvalue weighted by Crippen LogP contribution is -2.61. The number of rotatable bonds is 5. The molecule has 0 aliphatic rings. The van der Waals surface area contributed by atoms with E-state index in [1.165, 1.54) is 20.8 Å². The number of carbonyl (C=O) groups is 3. The van der Waals surface area contributed by atoms with E-state index < -0.39 is 59.4 Å². The topological polar surface area (TPSA) is 102 Å². The third-order valence-corrected chi connectivity index (χ3v) is 3.27. The summed E-state index contributed by atoms with van der Waals surface area (Å²) in [4.78, 5) is 34.4. The number of ether oxygens (including phenoxy) is 3. The highest BCUT2D eigenvalue weighted by molar-refractivity contribution is 5.93. The Morgan fingerprint density at radius 1 is 0.900 bits per heavy atom. The Balaban J connectivity index is 3.35. The van der Waals surface area contributed by atoms with E-state index in [9.17, 15) is 45.8 Å². The van der Waals surface area contributed by atoms with E-state index in [-0.39, 0.29) is 0 Å². The van der Waals surface area contributed by atoms with Gasteiger partial charge in [0.15, 0.2) is 0 Å². The van der Waals surface area contributed by atoms with E-state index in [0.29, 0.717) is 6.07 Å². The molecular formula is C17H15F6O7-. The molecule has 7 nitrogen and oxygen atoms in total. The van der Waals surface area contributed by atoms with E-state index in [0.717, 1.165) is 18.2 Å². The minimum atomic E-state index is -6.36. The Morgan fingerprint density at radius 2 is 1.40 bits per heavy atom. The smallest absolute Gasteiger partial charge is 0.514 e. The van der Waals surface area contributed by atoms with Gasteiger partial charge in [-0.25, -0.2) is 9.59 Å². The van der Waals surface area contributed by atoms with Crippen molar-refractivity contribution < 1.29 is 60.0 Å². The van der Waals surface area contributed by atoms with Crippen molar-refractivity contribution in [2.24, 2.45) is 0 Å². The van der Waals surface area contributed by atoms with E-state index >= 15 is 0 Å². The summed E-state index contributed by atoms with van der Waals surface area (Å²) < 4.78 is 92.3. The van der Waals surface area contributed by atoms with Crippen LogP contribution in [0.5, 0.6) is 5.75 Å². The van der Waals surface area contributed by atoms with E-state index in [1.807, 2.05) is 0 Å². The molecule has 0 radical (unpaired) electrons. The van der Waals surface area contributed by atoms with Gasteiger partial charge >= 0.3 is 30.1 Å². The molecule has 0 aliphatic carbocycles. The molecule has 1 aromatic carbocycles. The fourth-order valence-corrected chi connectivity index (χ4v) is 2.01. The van der Waals surface area contributed by atoms with E-state index in [4.69, 9.17) is 4.74 Å². The number of carboxylic acids is 1. The summed E-state index contributed by atoms with van der Waals surface area (Å²) in [6.07, 6.45) is -16.9. The molecule has 1 rings (SSSR count). The highest BCUT2D eigenvalue weighted by Crippen LogP contribution is 2.48. The number of hydrogen-bond donors (Lipinski definition) is 0. The first-order valence-electron chi connectivity index (χ1n) is 7.96. The first-order valence-corrected chi connectivity index (χ1v) is 7.96. The normalized spacial score (nSPS) is 12.8. The number of halogens is 6. The van der Waals surface area contributed by atoms with Gasteiger partial charge in [0.1, 0.15) is 16.9 Å². The number of carboxylic acid groups (broad SMARTS) is 1. The molecular weight excluding hydrogens is 430 g/mol. The van der Waals surface area contributed by atoms with Gasteiger partial charge < -0.3 is 24.1 Å². The van der Waals surface area contributed by atoms with Crippen molar-refractivity contribution in [3.05, 3.63) is 29.8 Å². The van der Waals surface area contributed by atoms with Crippen molar-refractivity contribution in [3.63, 3.8) is 0 Å². The van der Waals surface area contributed by atoms with Gasteiger partial charge in [-0.3, -0.25) is 0 Å². The van der Waals surface area contributed by atoms with Crippen LogP contribution in [-0.2, 0) is 14.3 Å². The summed E-state index contributed by atoms with van der Waals surface area (Å²) >= 11 is 0. The van der Waals surface area contributed by atoms with Crippen LogP contribution in [0, 0.1) is 0 Å². The van der Waals surface area contributed by atoms with Gasteiger partial charge in [0.2, 0.25) is 0 Å². The number of alkyl halides is 6. The van der Waals surface area contributed by atoms with Gasteiger partial charge in [-0.05, 0) is 32.9 Å². The quantitative estimate of drug-likeness (QED) is 0.390. The van der Waals surface area contributed by atoms with Crippen molar-refractivity contribution >= 4 is 18.1 Å². The minimum Gasteiger partial charge on any atom is -0.550 e. The Bertz CT molecular complexity index is 794. The highest BCUT2D eigenvalue weighted by atomic mass is 19.4. The third kappa shape index (κ3) is 6.00. The molecule has 0 N–H and O–H groups in total. The number of carbonyl (C=O) groups excluding carboxylic acids is 3. The maximum atomic E-state index is 13.2. The van der Waals surface area contributed by atoms with E-state index in [2.05, 4.69) is 9.47 Å². The molecule has 0 unspecified atom stereocenters. The Morgan fingerprint density at radius 3 is 1.83 bits per heavy atom. The molecule has 0 bridgehead atoms. The highest BCUT2D eigenvalue weighted by Gasteiger charge is 2.74. The molecule has 0 aliphatic heterocycles. The Kier molecular flexibility index (Phi) is 7.01. The van der Waals surface area contributed by atoms with Crippen molar-refractivity contribution in [1.29, 1.82) is 0 Å². The summed E-state index contributed by atoms with van der Waals surface area (Å²) in [6.45, 7) is 4.32. The lowest BCUT2D eigenvalue weighted by Gasteiger charge is -2.36. The van der Waals surface area contributed by atoms with Crippen molar-refractivity contribution in [1.82, 2.24) is 0 Å². The van der Waals surface area contributed by atoms with Crippen LogP contribution in [0.1, 0.15) is 37.6 Å². The van der Waals surface area contributed by atoms with Crippen LogP contribution in [0.2, 0.25) is 0 Å². The lowest BCUT2D eigenvalue weighted by molar-refractivity contribution is -0.377. The number of para-hydroxylation sites is 1. The summed E-state index contributed by atoms with van der Waals surface area (Å²) in [5.41, 5.74) is -7.47. The van der Waals surface area contributed by atoms with Gasteiger partial charge in [0.05, 0.1) is 0 Å². The second-order valence-electron chi connectivity index (χ2n) is 6.82. The molecule has 0 amide bonds. The SMILES string of the molecule is CC(C)(C)OC(=O)Oc1ccccc1C(=O)OC(CC(=O)[O-])(C(F)(F)F)C(F)(F)F. The average Bonchev–Trinajstić information content (AvgIpc) is 2.50. The van der Waals surface area contributed by atoms with Crippen LogP contribution in [0.25, 0.3) is 0 Å². The minimum absolute atomic E-state index is 0.707. The Labute approximate surface area is 165 Å². The van der Waals surface area contributed by atoms with Gasteiger partial charge in [0, 0.05) is 12.4 Å². The first-order chi connectivity index (χ1) is 13.4.